The third kappa shape index (κ3) is 4.24. The molecule has 0 atom stereocenters. The molecular weight excluding hydrogens is 611 g/mol. The van der Waals surface area contributed by atoms with E-state index in [-0.39, 0.29) is 0 Å². The maximum Gasteiger partial charge on any atom is 0.101 e. The second kappa shape index (κ2) is 11.4. The maximum absolute atomic E-state index is 10.5. The summed E-state index contributed by atoms with van der Waals surface area (Å²) >= 11 is 0. The van der Waals surface area contributed by atoms with E-state index in [1.165, 1.54) is 10.8 Å². The van der Waals surface area contributed by atoms with Gasteiger partial charge in [-0.3, -0.25) is 0 Å². The van der Waals surface area contributed by atoms with E-state index in [4.69, 9.17) is 0 Å². The Kier molecular flexibility index (Phi) is 6.56. The summed E-state index contributed by atoms with van der Waals surface area (Å²) in [6.45, 7) is 0. The Balaban J connectivity index is 1.31. The standard InChI is InChI=1S/C45H25N5/c46-26-29-22-23-43-39(24-29)38-18-9-12-32(28-48)45(38)49(43)33-13-7-10-30(25-33)44-31(27-47)11-8-17-37(44)36-16-3-6-21-42(36)50-40-19-4-1-14-34(40)35-15-2-5-20-41(35)50/h1-25H. The van der Waals surface area contributed by atoms with E-state index < -0.39 is 0 Å². The van der Waals surface area contributed by atoms with Crippen LogP contribution in [0.25, 0.3) is 77.2 Å². The van der Waals surface area contributed by atoms with Crippen molar-refractivity contribution in [1.29, 1.82) is 15.8 Å². The third-order valence-corrected chi connectivity index (χ3v) is 9.63. The van der Waals surface area contributed by atoms with Crippen LogP contribution in [0.4, 0.5) is 0 Å². The number of para-hydroxylation sites is 4. The van der Waals surface area contributed by atoms with E-state index in [1.54, 1.807) is 0 Å². The Morgan fingerprint density at radius 1 is 0.420 bits per heavy atom. The number of hydrogen-bond acceptors (Lipinski definition) is 3. The van der Waals surface area contributed by atoms with Crippen molar-refractivity contribution in [3.8, 4) is 51.8 Å². The molecule has 0 aliphatic carbocycles. The van der Waals surface area contributed by atoms with E-state index in [9.17, 15) is 15.8 Å². The zero-order chi connectivity index (χ0) is 33.8. The molecule has 0 radical (unpaired) electrons. The highest BCUT2D eigenvalue weighted by Gasteiger charge is 2.21. The van der Waals surface area contributed by atoms with Crippen molar-refractivity contribution in [2.45, 2.75) is 0 Å². The maximum atomic E-state index is 10.5. The summed E-state index contributed by atoms with van der Waals surface area (Å²) in [5.41, 5.74) is 11.1. The monoisotopic (exact) mass is 635 g/mol. The predicted octanol–water partition coefficient (Wildman–Crippen LogP) is 10.8. The van der Waals surface area contributed by atoms with E-state index in [1.807, 2.05) is 72.8 Å². The van der Waals surface area contributed by atoms with Gasteiger partial charge in [-0.05, 0) is 71.8 Å². The van der Waals surface area contributed by atoms with Crippen molar-refractivity contribution in [3.63, 3.8) is 0 Å². The van der Waals surface area contributed by atoms with Gasteiger partial charge < -0.3 is 9.13 Å². The Hall–Kier alpha value is -7.39. The molecule has 0 amide bonds. The smallest absolute Gasteiger partial charge is 0.101 e. The van der Waals surface area contributed by atoms with Crippen LogP contribution in [0, 0.1) is 34.0 Å². The lowest BCUT2D eigenvalue weighted by Gasteiger charge is -2.18. The van der Waals surface area contributed by atoms with Crippen LogP contribution in [0.5, 0.6) is 0 Å². The average molecular weight is 636 g/mol. The molecule has 0 N–H and O–H groups in total. The first-order chi connectivity index (χ1) is 24.7. The molecule has 0 bridgehead atoms. The highest BCUT2D eigenvalue weighted by Crippen LogP contribution is 2.42. The molecule has 7 aromatic carbocycles. The number of fused-ring (bicyclic) bond motifs is 6. The Labute approximate surface area is 287 Å². The van der Waals surface area contributed by atoms with Crippen molar-refractivity contribution < 1.29 is 0 Å². The normalized spacial score (nSPS) is 11.1. The van der Waals surface area contributed by atoms with Crippen LogP contribution in [-0.2, 0) is 0 Å². The van der Waals surface area contributed by atoms with Crippen LogP contribution in [0.3, 0.4) is 0 Å². The SMILES string of the molecule is N#Cc1ccc2c(c1)c1cccc(C#N)c1n2-c1cccc(-c2c(C#N)cccc2-c2ccccc2-n2c3ccccc3c3ccccc32)c1. The molecule has 0 spiro atoms. The van der Waals surface area contributed by atoms with E-state index in [0.29, 0.717) is 16.7 Å². The van der Waals surface area contributed by atoms with Gasteiger partial charge in [-0.2, -0.15) is 15.8 Å². The number of benzene rings is 7. The summed E-state index contributed by atoms with van der Waals surface area (Å²) in [5.74, 6) is 0. The van der Waals surface area contributed by atoms with Gasteiger partial charge in [0, 0.05) is 38.4 Å². The van der Waals surface area contributed by atoms with Crippen molar-refractivity contribution in [1.82, 2.24) is 9.13 Å². The minimum absolute atomic E-state index is 0.542. The third-order valence-electron chi connectivity index (χ3n) is 9.63. The van der Waals surface area contributed by atoms with Gasteiger partial charge in [0.05, 0.1) is 56.6 Å². The molecule has 9 aromatic rings. The van der Waals surface area contributed by atoms with Gasteiger partial charge in [-0.15, -0.1) is 0 Å². The number of nitriles is 3. The molecule has 0 aliphatic rings. The lowest BCUT2D eigenvalue weighted by atomic mass is 9.89. The van der Waals surface area contributed by atoms with E-state index >= 15 is 0 Å². The summed E-state index contributed by atoms with van der Waals surface area (Å²) in [6, 6.07) is 57.8. The molecule has 2 aromatic heterocycles. The highest BCUT2D eigenvalue weighted by molar-refractivity contribution is 6.12. The molecule has 9 rings (SSSR count). The van der Waals surface area contributed by atoms with Gasteiger partial charge in [0.2, 0.25) is 0 Å². The summed E-state index contributed by atoms with van der Waals surface area (Å²) in [5, 5.41) is 34.5. The zero-order valence-electron chi connectivity index (χ0n) is 26.7. The zero-order valence-corrected chi connectivity index (χ0v) is 26.7. The molecular formula is C45H25N5. The molecule has 50 heavy (non-hydrogen) atoms. The van der Waals surface area contributed by atoms with Gasteiger partial charge in [-0.25, -0.2) is 0 Å². The van der Waals surface area contributed by atoms with Crippen LogP contribution in [0.15, 0.2) is 152 Å². The van der Waals surface area contributed by atoms with Crippen molar-refractivity contribution >= 4 is 43.6 Å². The Bertz CT molecular complexity index is 2920. The topological polar surface area (TPSA) is 81.2 Å². The van der Waals surface area contributed by atoms with Crippen molar-refractivity contribution in [3.05, 3.63) is 168 Å². The van der Waals surface area contributed by atoms with Gasteiger partial charge in [0.15, 0.2) is 0 Å². The summed E-state index contributed by atoms with van der Waals surface area (Å²) in [6.07, 6.45) is 0. The summed E-state index contributed by atoms with van der Waals surface area (Å²) in [7, 11) is 0. The summed E-state index contributed by atoms with van der Waals surface area (Å²) in [4.78, 5) is 0. The number of aromatic nitrogens is 2. The molecule has 0 saturated carbocycles. The first kappa shape index (κ1) is 28.8. The Morgan fingerprint density at radius 2 is 1.04 bits per heavy atom. The van der Waals surface area contributed by atoms with Crippen molar-refractivity contribution in [2.75, 3.05) is 0 Å². The lowest BCUT2D eigenvalue weighted by molar-refractivity contribution is 1.17. The minimum atomic E-state index is 0.542. The minimum Gasteiger partial charge on any atom is -0.309 e. The fraction of sp³-hybridized carbons (Fsp3) is 0. The van der Waals surface area contributed by atoms with Gasteiger partial charge in [-0.1, -0.05) is 91.0 Å². The van der Waals surface area contributed by atoms with Crippen LogP contribution in [0.2, 0.25) is 0 Å². The predicted molar refractivity (Wildman–Crippen MR) is 200 cm³/mol. The molecule has 0 unspecified atom stereocenters. The fourth-order valence-electron chi connectivity index (χ4n) is 7.56. The number of hydrogen-bond donors (Lipinski definition) is 0. The van der Waals surface area contributed by atoms with Crippen LogP contribution in [0.1, 0.15) is 16.7 Å². The van der Waals surface area contributed by atoms with Crippen LogP contribution >= 0.6 is 0 Å². The van der Waals surface area contributed by atoms with E-state index in [2.05, 4.69) is 106 Å². The fourth-order valence-corrected chi connectivity index (χ4v) is 7.56. The second-order valence-electron chi connectivity index (χ2n) is 12.3. The average Bonchev–Trinajstić information content (AvgIpc) is 3.70. The van der Waals surface area contributed by atoms with Crippen molar-refractivity contribution in [2.24, 2.45) is 0 Å². The lowest BCUT2D eigenvalue weighted by Crippen LogP contribution is -2.00. The molecule has 2 heterocycles. The van der Waals surface area contributed by atoms with Gasteiger partial charge in [0.25, 0.3) is 0 Å². The van der Waals surface area contributed by atoms with Crippen LogP contribution < -0.4 is 0 Å². The second-order valence-corrected chi connectivity index (χ2v) is 12.3. The summed E-state index contributed by atoms with van der Waals surface area (Å²) < 4.78 is 4.41. The molecule has 0 fully saturated rings. The number of rotatable bonds is 4. The molecule has 0 aliphatic heterocycles. The highest BCUT2D eigenvalue weighted by atomic mass is 15.0. The first-order valence-corrected chi connectivity index (χ1v) is 16.3. The first-order valence-electron chi connectivity index (χ1n) is 16.3. The molecule has 5 heteroatoms. The van der Waals surface area contributed by atoms with Crippen LogP contribution in [-0.4, -0.2) is 9.13 Å². The number of nitrogens with zero attached hydrogens (tertiary/aromatic N) is 5. The Morgan fingerprint density at radius 3 is 1.80 bits per heavy atom. The quantitative estimate of drug-likeness (QED) is 0.193. The van der Waals surface area contributed by atoms with Gasteiger partial charge >= 0.3 is 0 Å². The van der Waals surface area contributed by atoms with E-state index in [0.717, 1.165) is 66.5 Å². The largest absolute Gasteiger partial charge is 0.309 e. The van der Waals surface area contributed by atoms with Gasteiger partial charge in [0.1, 0.15) is 6.07 Å². The molecule has 5 nitrogen and oxygen atoms in total. The molecule has 230 valence electrons. The molecule has 0 saturated heterocycles.